The summed E-state index contributed by atoms with van der Waals surface area (Å²) in [5.41, 5.74) is 1.68. The van der Waals surface area contributed by atoms with E-state index in [4.69, 9.17) is 0 Å². The molecular formula is C27H34F2. The molecule has 0 aliphatic heterocycles. The Labute approximate surface area is 174 Å². The van der Waals surface area contributed by atoms with Crippen LogP contribution in [0.4, 0.5) is 8.78 Å². The average Bonchev–Trinajstić information content (AvgIpc) is 2.73. The van der Waals surface area contributed by atoms with E-state index < -0.39 is 5.82 Å². The quantitative estimate of drug-likeness (QED) is 0.446. The molecule has 2 heteroatoms. The summed E-state index contributed by atoms with van der Waals surface area (Å²) >= 11 is 0. The first-order valence-corrected chi connectivity index (χ1v) is 11.6. The predicted molar refractivity (Wildman–Crippen MR) is 118 cm³/mol. The summed E-state index contributed by atoms with van der Waals surface area (Å²) in [5, 5.41) is 0.882. The van der Waals surface area contributed by atoms with E-state index >= 15 is 4.39 Å². The molecule has 0 spiro atoms. The van der Waals surface area contributed by atoms with Crippen LogP contribution in [0.2, 0.25) is 0 Å². The van der Waals surface area contributed by atoms with Crippen molar-refractivity contribution in [2.24, 2.45) is 17.8 Å². The fourth-order valence-electron chi connectivity index (χ4n) is 5.96. The third-order valence-corrected chi connectivity index (χ3v) is 7.67. The van der Waals surface area contributed by atoms with E-state index in [1.807, 2.05) is 31.2 Å². The third-order valence-electron chi connectivity index (χ3n) is 7.67. The second-order valence-corrected chi connectivity index (χ2v) is 9.37. The van der Waals surface area contributed by atoms with Crippen LogP contribution in [0.5, 0.6) is 0 Å². The lowest BCUT2D eigenvalue weighted by Crippen LogP contribution is -2.30. The predicted octanol–water partition coefficient (Wildman–Crippen LogP) is 8.34. The molecule has 4 atom stereocenters. The van der Waals surface area contributed by atoms with Crippen molar-refractivity contribution in [1.29, 1.82) is 0 Å². The van der Waals surface area contributed by atoms with E-state index in [1.165, 1.54) is 38.2 Å². The Morgan fingerprint density at radius 1 is 1.00 bits per heavy atom. The van der Waals surface area contributed by atoms with Crippen LogP contribution in [-0.4, -0.2) is 0 Å². The van der Waals surface area contributed by atoms with Crippen LogP contribution in [0, 0.1) is 29.4 Å². The first kappa shape index (κ1) is 20.6. The summed E-state index contributed by atoms with van der Waals surface area (Å²) in [5.74, 6) is 1.96. The molecule has 0 N–H and O–H groups in total. The average molecular weight is 397 g/mol. The van der Waals surface area contributed by atoms with Gasteiger partial charge in [0, 0.05) is 0 Å². The lowest BCUT2D eigenvalue weighted by molar-refractivity contribution is 0.116. The molecule has 2 aliphatic carbocycles. The molecule has 2 aromatic carbocycles. The highest BCUT2D eigenvalue weighted by Gasteiger charge is 2.36. The van der Waals surface area contributed by atoms with Crippen LogP contribution < -0.4 is 0 Å². The molecule has 0 heterocycles. The molecule has 0 radical (unpaired) electrons. The van der Waals surface area contributed by atoms with Gasteiger partial charge in [-0.15, -0.1) is 0 Å². The fraction of sp³-hybridized carbons (Fsp3) is 0.556. The Morgan fingerprint density at radius 2 is 1.79 bits per heavy atom. The van der Waals surface area contributed by atoms with Crippen molar-refractivity contribution in [3.63, 3.8) is 0 Å². The Bertz CT molecular complexity index is 882. The highest BCUT2D eigenvalue weighted by atomic mass is 19.1. The van der Waals surface area contributed by atoms with Gasteiger partial charge in [0.25, 0.3) is 0 Å². The lowest BCUT2D eigenvalue weighted by atomic mass is 9.63. The SMILES string of the molecule is C/C=C/CCc1cc(F)c2c(F)c([C@@H]3CC[C@@H]4CC(CC)CCC4C3)ccc2c1. The molecule has 0 bridgehead atoms. The summed E-state index contributed by atoms with van der Waals surface area (Å²) in [6.07, 6.45) is 14.3. The molecular weight excluding hydrogens is 362 g/mol. The Balaban J connectivity index is 1.56. The second-order valence-electron chi connectivity index (χ2n) is 9.37. The highest BCUT2D eigenvalue weighted by molar-refractivity contribution is 5.85. The highest BCUT2D eigenvalue weighted by Crippen LogP contribution is 2.49. The van der Waals surface area contributed by atoms with Crippen LogP contribution >= 0.6 is 0 Å². The molecule has 4 rings (SSSR count). The van der Waals surface area contributed by atoms with Gasteiger partial charge in [-0.3, -0.25) is 0 Å². The zero-order valence-electron chi connectivity index (χ0n) is 17.9. The molecule has 156 valence electrons. The minimum Gasteiger partial charge on any atom is -0.206 e. The first-order valence-electron chi connectivity index (χ1n) is 11.6. The molecule has 29 heavy (non-hydrogen) atoms. The van der Waals surface area contributed by atoms with E-state index in [1.54, 1.807) is 0 Å². The zero-order valence-corrected chi connectivity index (χ0v) is 17.9. The van der Waals surface area contributed by atoms with Crippen molar-refractivity contribution in [2.75, 3.05) is 0 Å². The number of halogens is 2. The molecule has 0 aromatic heterocycles. The summed E-state index contributed by atoms with van der Waals surface area (Å²) in [6.45, 7) is 4.29. The molecule has 2 fully saturated rings. The van der Waals surface area contributed by atoms with Crippen molar-refractivity contribution in [2.45, 2.75) is 77.6 Å². The number of allylic oxidation sites excluding steroid dienone is 2. The van der Waals surface area contributed by atoms with Crippen molar-refractivity contribution in [1.82, 2.24) is 0 Å². The van der Waals surface area contributed by atoms with Gasteiger partial charge in [0.1, 0.15) is 11.6 Å². The van der Waals surface area contributed by atoms with Gasteiger partial charge in [0.2, 0.25) is 0 Å². The monoisotopic (exact) mass is 396 g/mol. The zero-order chi connectivity index (χ0) is 20.4. The maximum atomic E-state index is 15.4. The Hall–Kier alpha value is -1.70. The van der Waals surface area contributed by atoms with Crippen molar-refractivity contribution < 1.29 is 8.78 Å². The standard InChI is InChI=1S/C27H34F2/c1-3-5-6-7-19-15-23-12-13-24(27(29)26(23)25(28)16-19)22-11-10-20-14-18(4-2)8-9-21(20)17-22/h3,5,12-13,15-16,18,20-22H,4,6-11,14,17H2,1-2H3/b5-3+/t18?,20-,21?,22-/m1/s1. The van der Waals surface area contributed by atoms with Gasteiger partial charge in [-0.05, 0) is 98.1 Å². The molecule has 0 amide bonds. The van der Waals surface area contributed by atoms with Gasteiger partial charge in [-0.1, -0.05) is 50.1 Å². The summed E-state index contributed by atoms with van der Waals surface area (Å²) in [7, 11) is 0. The fourth-order valence-corrected chi connectivity index (χ4v) is 5.96. The summed E-state index contributed by atoms with van der Waals surface area (Å²) < 4.78 is 30.3. The molecule has 2 aliphatic rings. The van der Waals surface area contributed by atoms with Crippen LogP contribution in [0.15, 0.2) is 36.4 Å². The third kappa shape index (κ3) is 4.27. The van der Waals surface area contributed by atoms with Crippen LogP contribution in [0.3, 0.4) is 0 Å². The molecule has 2 aromatic rings. The van der Waals surface area contributed by atoms with Crippen molar-refractivity contribution >= 4 is 10.8 Å². The van der Waals surface area contributed by atoms with E-state index in [0.29, 0.717) is 5.39 Å². The molecule has 0 saturated heterocycles. The van der Waals surface area contributed by atoms with E-state index in [2.05, 4.69) is 13.0 Å². The maximum Gasteiger partial charge on any atom is 0.137 e. The van der Waals surface area contributed by atoms with Crippen LogP contribution in [0.1, 0.15) is 82.3 Å². The summed E-state index contributed by atoms with van der Waals surface area (Å²) in [6, 6.07) is 7.37. The molecule has 2 unspecified atom stereocenters. The van der Waals surface area contributed by atoms with E-state index in [-0.39, 0.29) is 17.1 Å². The lowest BCUT2D eigenvalue weighted by Gasteiger charge is -2.42. The maximum absolute atomic E-state index is 15.4. The van der Waals surface area contributed by atoms with Crippen molar-refractivity contribution in [3.8, 4) is 0 Å². The molecule has 0 nitrogen and oxygen atoms in total. The van der Waals surface area contributed by atoms with Crippen LogP contribution in [-0.2, 0) is 6.42 Å². The Kier molecular flexibility index (Phi) is 6.37. The smallest absolute Gasteiger partial charge is 0.137 e. The molecule has 2 saturated carbocycles. The largest absolute Gasteiger partial charge is 0.206 e. The van der Waals surface area contributed by atoms with Gasteiger partial charge < -0.3 is 0 Å². The number of aryl methyl sites for hydroxylation is 1. The van der Waals surface area contributed by atoms with Gasteiger partial charge >= 0.3 is 0 Å². The number of benzene rings is 2. The van der Waals surface area contributed by atoms with Gasteiger partial charge in [-0.25, -0.2) is 8.78 Å². The van der Waals surface area contributed by atoms with Crippen LogP contribution in [0.25, 0.3) is 10.8 Å². The summed E-state index contributed by atoms with van der Waals surface area (Å²) in [4.78, 5) is 0. The minimum atomic E-state index is -0.408. The van der Waals surface area contributed by atoms with Gasteiger partial charge in [0.15, 0.2) is 0 Å². The Morgan fingerprint density at radius 3 is 2.59 bits per heavy atom. The van der Waals surface area contributed by atoms with Gasteiger partial charge in [0.05, 0.1) is 5.39 Å². The van der Waals surface area contributed by atoms with E-state index in [9.17, 15) is 4.39 Å². The minimum absolute atomic E-state index is 0.189. The van der Waals surface area contributed by atoms with E-state index in [0.717, 1.165) is 54.6 Å². The number of rotatable bonds is 5. The first-order chi connectivity index (χ1) is 14.1. The number of fused-ring (bicyclic) bond motifs is 2. The van der Waals surface area contributed by atoms with Gasteiger partial charge in [-0.2, -0.15) is 0 Å². The number of hydrogen-bond donors (Lipinski definition) is 0. The van der Waals surface area contributed by atoms with Crippen molar-refractivity contribution in [3.05, 3.63) is 59.2 Å². The second kappa shape index (κ2) is 8.98. The number of hydrogen-bond acceptors (Lipinski definition) is 0. The topological polar surface area (TPSA) is 0 Å². The normalized spacial score (nSPS) is 27.4.